The van der Waals surface area contributed by atoms with Gasteiger partial charge in [-0.05, 0) is 32.0 Å². The van der Waals surface area contributed by atoms with Gasteiger partial charge in [0.25, 0.3) is 8.32 Å². The van der Waals surface area contributed by atoms with Crippen LogP contribution in [-0.2, 0) is 13.7 Å². The Balaban J connectivity index is 1.77. The molecule has 2 aromatic carbocycles. The second-order valence-electron chi connectivity index (χ2n) is 13.0. The van der Waals surface area contributed by atoms with Gasteiger partial charge in [0.15, 0.2) is 8.32 Å². The molecule has 2 atom stereocenters. The van der Waals surface area contributed by atoms with Crippen LogP contribution in [0.15, 0.2) is 65.8 Å². The van der Waals surface area contributed by atoms with Crippen LogP contribution in [0.25, 0.3) is 0 Å². The summed E-state index contributed by atoms with van der Waals surface area (Å²) in [6.07, 6.45) is 0.442. The summed E-state index contributed by atoms with van der Waals surface area (Å²) in [5.41, 5.74) is 2.38. The maximum absolute atomic E-state index is 10.3. The van der Waals surface area contributed by atoms with Gasteiger partial charge in [-0.15, -0.1) is 0 Å². The summed E-state index contributed by atoms with van der Waals surface area (Å²) in [4.78, 5) is 5.93. The Morgan fingerprint density at radius 3 is 1.74 bits per heavy atom. The lowest BCUT2D eigenvalue weighted by molar-refractivity contribution is -0.00335. The molecular formula is C32H51NO4Si2. The molecule has 1 heterocycles. The fourth-order valence-corrected chi connectivity index (χ4v) is 16.8. The Kier molecular flexibility index (Phi) is 10.8. The molecule has 216 valence electrons. The third-order valence-corrected chi connectivity index (χ3v) is 19.7. The van der Waals surface area contributed by atoms with Crippen molar-refractivity contribution in [2.75, 3.05) is 19.8 Å². The Labute approximate surface area is 239 Å². The van der Waals surface area contributed by atoms with E-state index in [1.54, 1.807) is 0 Å². The highest BCUT2D eigenvalue weighted by molar-refractivity contribution is 6.99. The Hall–Kier alpha value is -1.78. The van der Waals surface area contributed by atoms with E-state index in [0.29, 0.717) is 36.3 Å². The quantitative estimate of drug-likeness (QED) is 0.280. The lowest BCUT2D eigenvalue weighted by atomic mass is 10.0. The molecule has 1 N–H and O–H groups in total. The number of aliphatic hydroxyl groups excluding tert-OH is 1. The smallest absolute Gasteiger partial charge is 0.261 e. The van der Waals surface area contributed by atoms with Gasteiger partial charge in [-0.3, -0.25) is 0 Å². The SMILES string of the molecule is CC(C)[Si](OC[C@H](CO)[C@@H]1CC(CO[Si](c2ccccc2)(c2ccccc2)C(C)(C)C)=NO1)(C(C)C)C(C)C. The van der Waals surface area contributed by atoms with E-state index in [1.807, 2.05) is 0 Å². The van der Waals surface area contributed by atoms with E-state index in [4.69, 9.17) is 13.7 Å². The van der Waals surface area contributed by atoms with Gasteiger partial charge < -0.3 is 18.8 Å². The van der Waals surface area contributed by atoms with Gasteiger partial charge in [0.05, 0.1) is 18.9 Å². The van der Waals surface area contributed by atoms with Crippen molar-refractivity contribution in [3.63, 3.8) is 0 Å². The minimum atomic E-state index is -2.66. The zero-order valence-corrected chi connectivity index (χ0v) is 27.6. The number of benzene rings is 2. The molecule has 2 aromatic rings. The van der Waals surface area contributed by atoms with E-state index in [-0.39, 0.29) is 23.7 Å². The standard InChI is InChI=1S/C32H51NO4Si2/c1-24(2)38(25(3)4,26(5)6)35-22-27(21-34)31-20-28(33-37-31)23-36-39(32(7,8)9,29-16-12-10-13-17-29)30-18-14-11-15-19-30/h10-19,24-27,31,34H,20-23H2,1-9H3/t27-,31-/m0/s1. The summed E-state index contributed by atoms with van der Waals surface area (Å²) in [6, 6.07) is 21.3. The molecule has 0 saturated carbocycles. The zero-order valence-electron chi connectivity index (χ0n) is 25.6. The van der Waals surface area contributed by atoms with Crippen molar-refractivity contribution < 1.29 is 18.8 Å². The summed E-state index contributed by atoms with van der Waals surface area (Å²) in [6.45, 7) is 21.5. The number of rotatable bonds is 13. The molecule has 0 spiro atoms. The maximum Gasteiger partial charge on any atom is 0.261 e. The molecule has 0 unspecified atom stereocenters. The van der Waals surface area contributed by atoms with Crippen molar-refractivity contribution in [2.45, 2.75) is 96.5 Å². The lowest BCUT2D eigenvalue weighted by Gasteiger charge is -2.43. The van der Waals surface area contributed by atoms with Crippen molar-refractivity contribution in [1.29, 1.82) is 0 Å². The highest BCUT2D eigenvalue weighted by Crippen LogP contribution is 2.43. The number of oxime groups is 1. The molecule has 39 heavy (non-hydrogen) atoms. The van der Waals surface area contributed by atoms with E-state index < -0.39 is 16.6 Å². The van der Waals surface area contributed by atoms with Gasteiger partial charge in [0.1, 0.15) is 6.10 Å². The van der Waals surface area contributed by atoms with Crippen LogP contribution in [0.3, 0.4) is 0 Å². The van der Waals surface area contributed by atoms with Crippen LogP contribution in [0.5, 0.6) is 0 Å². The van der Waals surface area contributed by atoms with Gasteiger partial charge in [-0.2, -0.15) is 0 Å². The van der Waals surface area contributed by atoms with Crippen LogP contribution in [-0.4, -0.2) is 53.4 Å². The molecular weight excluding hydrogens is 519 g/mol. The van der Waals surface area contributed by atoms with Crippen LogP contribution >= 0.6 is 0 Å². The average Bonchev–Trinajstić information content (AvgIpc) is 3.35. The topological polar surface area (TPSA) is 60.3 Å². The Morgan fingerprint density at radius 2 is 1.33 bits per heavy atom. The number of hydrogen-bond donors (Lipinski definition) is 1. The first-order chi connectivity index (χ1) is 18.4. The maximum atomic E-state index is 10.3. The predicted molar refractivity (Wildman–Crippen MR) is 168 cm³/mol. The predicted octanol–water partition coefficient (Wildman–Crippen LogP) is 6.51. The van der Waals surface area contributed by atoms with E-state index in [2.05, 4.69) is 128 Å². The third kappa shape index (κ3) is 6.59. The summed E-state index contributed by atoms with van der Waals surface area (Å²) in [7, 11) is -4.69. The zero-order chi connectivity index (χ0) is 28.8. The normalized spacial score (nSPS) is 17.6. The van der Waals surface area contributed by atoms with Crippen molar-refractivity contribution in [1.82, 2.24) is 0 Å². The highest BCUT2D eigenvalue weighted by atomic mass is 28.4. The monoisotopic (exact) mass is 569 g/mol. The van der Waals surface area contributed by atoms with Crippen molar-refractivity contribution in [3.05, 3.63) is 60.7 Å². The van der Waals surface area contributed by atoms with E-state index in [9.17, 15) is 5.11 Å². The molecule has 3 rings (SSSR count). The van der Waals surface area contributed by atoms with Crippen LogP contribution < -0.4 is 10.4 Å². The fourth-order valence-electron chi connectivity index (χ4n) is 6.77. The third-order valence-electron chi connectivity index (χ3n) is 8.64. The van der Waals surface area contributed by atoms with E-state index >= 15 is 0 Å². The van der Waals surface area contributed by atoms with Crippen molar-refractivity contribution >= 4 is 32.7 Å². The van der Waals surface area contributed by atoms with Gasteiger partial charge in [0, 0.05) is 18.9 Å². The average molecular weight is 570 g/mol. The van der Waals surface area contributed by atoms with Crippen LogP contribution in [0.2, 0.25) is 21.7 Å². The molecule has 5 nitrogen and oxygen atoms in total. The van der Waals surface area contributed by atoms with E-state index in [1.165, 1.54) is 10.4 Å². The first-order valence-corrected chi connectivity index (χ1v) is 18.7. The molecule has 0 radical (unpaired) electrons. The second kappa shape index (κ2) is 13.3. The van der Waals surface area contributed by atoms with Crippen LogP contribution in [0.1, 0.15) is 68.7 Å². The number of hydrogen-bond acceptors (Lipinski definition) is 5. The van der Waals surface area contributed by atoms with Gasteiger partial charge in [-0.1, -0.05) is 128 Å². The van der Waals surface area contributed by atoms with Crippen LogP contribution in [0.4, 0.5) is 0 Å². The van der Waals surface area contributed by atoms with Crippen LogP contribution in [0, 0.1) is 5.92 Å². The molecule has 0 aromatic heterocycles. The molecule has 0 amide bonds. The fraction of sp³-hybridized carbons (Fsp3) is 0.594. The summed E-state index contributed by atoms with van der Waals surface area (Å²) in [5.74, 6) is -0.123. The van der Waals surface area contributed by atoms with Crippen molar-refractivity contribution in [3.8, 4) is 0 Å². The van der Waals surface area contributed by atoms with E-state index in [0.717, 1.165) is 5.71 Å². The minimum absolute atomic E-state index is 0.0157. The Morgan fingerprint density at radius 1 is 0.846 bits per heavy atom. The number of aliphatic hydroxyl groups is 1. The molecule has 0 bridgehead atoms. The first kappa shape index (κ1) is 31.7. The molecule has 1 aliphatic rings. The van der Waals surface area contributed by atoms with Crippen molar-refractivity contribution in [2.24, 2.45) is 11.1 Å². The Bertz CT molecular complexity index is 990. The van der Waals surface area contributed by atoms with Gasteiger partial charge >= 0.3 is 0 Å². The first-order valence-electron chi connectivity index (χ1n) is 14.6. The highest BCUT2D eigenvalue weighted by Gasteiger charge is 2.51. The molecule has 0 aliphatic carbocycles. The lowest BCUT2D eigenvalue weighted by Crippen LogP contribution is -2.67. The second-order valence-corrected chi connectivity index (χ2v) is 22.8. The molecule has 0 fully saturated rings. The molecule has 0 saturated heterocycles. The molecule has 1 aliphatic heterocycles. The molecule has 7 heteroatoms. The van der Waals surface area contributed by atoms with Gasteiger partial charge in [-0.25, -0.2) is 0 Å². The van der Waals surface area contributed by atoms with Gasteiger partial charge in [0.2, 0.25) is 0 Å². The summed E-state index contributed by atoms with van der Waals surface area (Å²) in [5, 5.41) is 17.2. The summed E-state index contributed by atoms with van der Waals surface area (Å²) >= 11 is 0. The minimum Gasteiger partial charge on any atom is -0.416 e. The largest absolute Gasteiger partial charge is 0.416 e. The summed E-state index contributed by atoms with van der Waals surface area (Å²) < 4.78 is 13.9. The number of nitrogens with zero attached hydrogens (tertiary/aromatic N) is 1.